The maximum atomic E-state index is 4.45. The lowest BCUT2D eigenvalue weighted by Crippen LogP contribution is -2.30. The molecule has 0 aliphatic carbocycles. The van der Waals surface area contributed by atoms with Crippen LogP contribution in [0.5, 0.6) is 0 Å². The van der Waals surface area contributed by atoms with E-state index in [1.54, 1.807) is 0 Å². The molecule has 1 aromatic heterocycles. The number of hydrogen-bond donors (Lipinski definition) is 1. The van der Waals surface area contributed by atoms with Crippen LogP contribution in [0.25, 0.3) is 0 Å². The molecule has 3 nitrogen and oxygen atoms in total. The fourth-order valence-corrected chi connectivity index (χ4v) is 2.26. The summed E-state index contributed by atoms with van der Waals surface area (Å²) in [7, 11) is 2.20. The Labute approximate surface area is 118 Å². The third-order valence-corrected chi connectivity index (χ3v) is 3.42. The number of rotatable bonds is 8. The standard InChI is InChI=1S/C16H29N3/c1-6-9-17-16-15(8-7-10-18-16)12-19(5)14(4)11-13(2)3/h7-8,10,13-14H,6,9,11-12H2,1-5H3,(H,17,18). The SMILES string of the molecule is CCCNc1ncccc1CN(C)C(C)CC(C)C. The number of hydrogen-bond acceptors (Lipinski definition) is 3. The van der Waals surface area contributed by atoms with Crippen LogP contribution in [0.4, 0.5) is 5.82 Å². The Morgan fingerprint density at radius 2 is 2.05 bits per heavy atom. The lowest BCUT2D eigenvalue weighted by atomic mass is 10.0. The molecule has 0 saturated heterocycles. The summed E-state index contributed by atoms with van der Waals surface area (Å²) >= 11 is 0. The zero-order chi connectivity index (χ0) is 14.3. The first-order valence-electron chi connectivity index (χ1n) is 7.42. The van der Waals surface area contributed by atoms with Gasteiger partial charge in [0.15, 0.2) is 0 Å². The first-order chi connectivity index (χ1) is 9.04. The molecular formula is C16H29N3. The minimum atomic E-state index is 0.597. The van der Waals surface area contributed by atoms with Gasteiger partial charge in [-0.2, -0.15) is 0 Å². The van der Waals surface area contributed by atoms with Gasteiger partial charge in [0.2, 0.25) is 0 Å². The van der Waals surface area contributed by atoms with Crippen LogP contribution in [-0.2, 0) is 6.54 Å². The maximum Gasteiger partial charge on any atom is 0.130 e. The van der Waals surface area contributed by atoms with E-state index < -0.39 is 0 Å². The molecule has 0 aromatic carbocycles. The summed E-state index contributed by atoms with van der Waals surface area (Å²) in [5, 5.41) is 3.41. The van der Waals surface area contributed by atoms with E-state index in [4.69, 9.17) is 0 Å². The van der Waals surface area contributed by atoms with E-state index in [0.29, 0.717) is 6.04 Å². The molecule has 3 heteroatoms. The van der Waals surface area contributed by atoms with Crippen molar-refractivity contribution in [3.8, 4) is 0 Å². The van der Waals surface area contributed by atoms with E-state index in [0.717, 1.165) is 31.2 Å². The van der Waals surface area contributed by atoms with Crippen molar-refractivity contribution in [3.63, 3.8) is 0 Å². The highest BCUT2D eigenvalue weighted by molar-refractivity contribution is 5.43. The van der Waals surface area contributed by atoms with Crippen molar-refractivity contribution < 1.29 is 0 Å². The second kappa shape index (κ2) is 8.16. The molecule has 0 saturated carbocycles. The van der Waals surface area contributed by atoms with Crippen molar-refractivity contribution in [3.05, 3.63) is 23.9 Å². The Bertz CT molecular complexity index is 363. The van der Waals surface area contributed by atoms with Crippen molar-refractivity contribution >= 4 is 5.82 Å². The number of aromatic nitrogens is 1. The Morgan fingerprint density at radius 1 is 1.32 bits per heavy atom. The van der Waals surface area contributed by atoms with Crippen LogP contribution < -0.4 is 5.32 Å². The summed E-state index contributed by atoms with van der Waals surface area (Å²) in [4.78, 5) is 6.86. The van der Waals surface area contributed by atoms with E-state index in [2.05, 4.69) is 56.0 Å². The zero-order valence-electron chi connectivity index (χ0n) is 13.1. The van der Waals surface area contributed by atoms with Crippen LogP contribution in [0.3, 0.4) is 0 Å². The molecule has 1 heterocycles. The quantitative estimate of drug-likeness (QED) is 0.774. The average molecular weight is 263 g/mol. The molecule has 0 aliphatic rings. The van der Waals surface area contributed by atoms with E-state index >= 15 is 0 Å². The van der Waals surface area contributed by atoms with Crippen LogP contribution in [0, 0.1) is 5.92 Å². The molecule has 1 aromatic rings. The number of nitrogens with zero attached hydrogens (tertiary/aromatic N) is 2. The van der Waals surface area contributed by atoms with Gasteiger partial charge >= 0.3 is 0 Å². The van der Waals surface area contributed by atoms with E-state index in [1.165, 1.54) is 12.0 Å². The summed E-state index contributed by atoms with van der Waals surface area (Å²) in [5.41, 5.74) is 1.29. The normalized spacial score (nSPS) is 13.0. The summed E-state index contributed by atoms with van der Waals surface area (Å²) in [6.45, 7) is 11.0. The summed E-state index contributed by atoms with van der Waals surface area (Å²) in [5.74, 6) is 1.77. The largest absolute Gasteiger partial charge is 0.370 e. The lowest BCUT2D eigenvalue weighted by Gasteiger charge is -2.26. The Balaban J connectivity index is 2.64. The predicted molar refractivity (Wildman–Crippen MR) is 83.4 cm³/mol. The molecular weight excluding hydrogens is 234 g/mol. The van der Waals surface area contributed by atoms with E-state index in [9.17, 15) is 0 Å². The minimum absolute atomic E-state index is 0.597. The summed E-state index contributed by atoms with van der Waals surface area (Å²) in [6.07, 6.45) is 4.21. The van der Waals surface area contributed by atoms with E-state index in [-0.39, 0.29) is 0 Å². The minimum Gasteiger partial charge on any atom is -0.370 e. The second-order valence-corrected chi connectivity index (χ2v) is 5.83. The molecule has 0 bridgehead atoms. The first-order valence-corrected chi connectivity index (χ1v) is 7.42. The van der Waals surface area contributed by atoms with Crippen LogP contribution in [0.1, 0.15) is 46.1 Å². The van der Waals surface area contributed by atoms with E-state index in [1.807, 2.05) is 12.3 Å². The molecule has 0 spiro atoms. The van der Waals surface area contributed by atoms with Crippen molar-refractivity contribution in [2.45, 2.75) is 53.1 Å². The van der Waals surface area contributed by atoms with Gasteiger partial charge in [0.25, 0.3) is 0 Å². The smallest absolute Gasteiger partial charge is 0.130 e. The van der Waals surface area contributed by atoms with Gasteiger partial charge in [-0.1, -0.05) is 26.8 Å². The topological polar surface area (TPSA) is 28.2 Å². The van der Waals surface area contributed by atoms with Gasteiger partial charge in [0.05, 0.1) is 0 Å². The summed E-state index contributed by atoms with van der Waals surface area (Å²) < 4.78 is 0. The van der Waals surface area contributed by atoms with Gasteiger partial charge in [0, 0.05) is 30.9 Å². The van der Waals surface area contributed by atoms with Gasteiger partial charge < -0.3 is 5.32 Å². The second-order valence-electron chi connectivity index (χ2n) is 5.83. The predicted octanol–water partition coefficient (Wildman–Crippen LogP) is 3.77. The van der Waals surface area contributed by atoms with Crippen LogP contribution >= 0.6 is 0 Å². The fourth-order valence-electron chi connectivity index (χ4n) is 2.26. The van der Waals surface area contributed by atoms with Crippen molar-refractivity contribution in [1.29, 1.82) is 0 Å². The van der Waals surface area contributed by atoms with Gasteiger partial charge in [0.1, 0.15) is 5.82 Å². The van der Waals surface area contributed by atoms with Crippen molar-refractivity contribution in [1.82, 2.24) is 9.88 Å². The van der Waals surface area contributed by atoms with Crippen molar-refractivity contribution in [2.75, 3.05) is 18.9 Å². The van der Waals surface area contributed by atoms with Crippen LogP contribution in [0.2, 0.25) is 0 Å². The van der Waals surface area contributed by atoms with Gasteiger partial charge in [-0.15, -0.1) is 0 Å². The molecule has 1 rings (SSSR count). The molecule has 0 amide bonds. The monoisotopic (exact) mass is 263 g/mol. The maximum absolute atomic E-state index is 4.45. The van der Waals surface area contributed by atoms with Crippen LogP contribution in [0.15, 0.2) is 18.3 Å². The number of nitrogens with one attached hydrogen (secondary N) is 1. The highest BCUT2D eigenvalue weighted by Gasteiger charge is 2.13. The zero-order valence-corrected chi connectivity index (χ0v) is 13.1. The molecule has 0 aliphatic heterocycles. The summed E-state index contributed by atoms with van der Waals surface area (Å²) in [6, 6.07) is 4.79. The molecule has 1 N–H and O–H groups in total. The molecule has 0 radical (unpaired) electrons. The Morgan fingerprint density at radius 3 is 2.68 bits per heavy atom. The van der Waals surface area contributed by atoms with Crippen LogP contribution in [-0.4, -0.2) is 29.5 Å². The molecule has 19 heavy (non-hydrogen) atoms. The van der Waals surface area contributed by atoms with Gasteiger partial charge in [-0.3, -0.25) is 4.90 Å². The molecule has 1 atom stereocenters. The Hall–Kier alpha value is -1.09. The highest BCUT2D eigenvalue weighted by atomic mass is 15.1. The molecule has 108 valence electrons. The third kappa shape index (κ3) is 5.60. The number of pyridine rings is 1. The first kappa shape index (κ1) is 16.0. The molecule has 1 unspecified atom stereocenters. The van der Waals surface area contributed by atoms with Crippen molar-refractivity contribution in [2.24, 2.45) is 5.92 Å². The van der Waals surface area contributed by atoms with Gasteiger partial charge in [-0.05, 0) is 38.8 Å². The third-order valence-electron chi connectivity index (χ3n) is 3.42. The fraction of sp³-hybridized carbons (Fsp3) is 0.688. The number of anilines is 1. The van der Waals surface area contributed by atoms with Gasteiger partial charge in [-0.25, -0.2) is 4.98 Å². The molecule has 0 fully saturated rings. The Kier molecular flexibility index (Phi) is 6.85. The highest BCUT2D eigenvalue weighted by Crippen LogP contribution is 2.17. The lowest BCUT2D eigenvalue weighted by molar-refractivity contribution is 0.221. The average Bonchev–Trinajstić information content (AvgIpc) is 2.36.